The fraction of sp³-hybridized carbons (Fsp3) is 0.0833. The van der Waals surface area contributed by atoms with Crippen LogP contribution >= 0.6 is 46.1 Å². The van der Waals surface area contributed by atoms with E-state index < -0.39 is 5.91 Å². The van der Waals surface area contributed by atoms with E-state index in [4.69, 9.17) is 40.5 Å². The Morgan fingerprint density at radius 2 is 2.10 bits per heavy atom. The monoisotopic (exact) mass is 362 g/mol. The molecule has 9 heteroatoms. The molecule has 0 aromatic carbocycles. The van der Waals surface area contributed by atoms with E-state index >= 15 is 0 Å². The van der Waals surface area contributed by atoms with Gasteiger partial charge in [0, 0.05) is 9.75 Å². The number of rotatable bonds is 3. The first-order chi connectivity index (χ1) is 9.90. The molecule has 0 atom stereocenters. The Hall–Kier alpha value is -1.34. The fourth-order valence-corrected chi connectivity index (χ4v) is 2.76. The molecule has 0 aliphatic rings. The highest BCUT2D eigenvalue weighted by Gasteiger charge is 2.19. The lowest BCUT2D eigenvalue weighted by atomic mass is 10.3. The Bertz CT molecular complexity index is 730. The van der Waals surface area contributed by atoms with Crippen LogP contribution in [0.5, 0.6) is 0 Å². The van der Waals surface area contributed by atoms with Crippen LogP contribution in [0.2, 0.25) is 15.2 Å². The lowest BCUT2D eigenvalue weighted by Gasteiger charge is -2.07. The number of amides is 1. The average Bonchev–Trinajstić information content (AvgIpc) is 2.86. The summed E-state index contributed by atoms with van der Waals surface area (Å²) in [4.78, 5) is 17.8. The van der Waals surface area contributed by atoms with Crippen LogP contribution in [0.4, 0.5) is 5.69 Å². The molecule has 2 rings (SSSR count). The smallest absolute Gasteiger partial charge is 0.291 e. The molecule has 0 saturated heterocycles. The molecule has 2 aromatic rings. The van der Waals surface area contributed by atoms with Gasteiger partial charge in [0.25, 0.3) is 5.91 Å². The van der Waals surface area contributed by atoms with Gasteiger partial charge in [-0.3, -0.25) is 4.79 Å². The largest absolute Gasteiger partial charge is 0.396 e. The molecular formula is C12H9Cl3N4OS. The number of aryl methyl sites for hydroxylation is 1. The summed E-state index contributed by atoms with van der Waals surface area (Å²) in [6.07, 6.45) is 1.52. The maximum Gasteiger partial charge on any atom is 0.291 e. The molecule has 0 aliphatic carbocycles. The summed E-state index contributed by atoms with van der Waals surface area (Å²) in [7, 11) is 0. The van der Waals surface area contributed by atoms with Crippen molar-refractivity contribution in [3.63, 3.8) is 0 Å². The number of hydrogen-bond acceptors (Lipinski definition) is 5. The van der Waals surface area contributed by atoms with Crippen molar-refractivity contribution in [3.05, 3.63) is 42.8 Å². The lowest BCUT2D eigenvalue weighted by Crippen LogP contribution is -2.20. The highest BCUT2D eigenvalue weighted by Crippen LogP contribution is 2.34. The highest BCUT2D eigenvalue weighted by molar-refractivity contribution is 7.13. The molecule has 1 amide bonds. The van der Waals surface area contributed by atoms with E-state index in [9.17, 15) is 4.79 Å². The number of halogens is 3. The molecule has 0 bridgehead atoms. The number of pyridine rings is 1. The predicted octanol–water partition coefficient (Wildman–Crippen LogP) is 3.76. The number of thiophene rings is 1. The summed E-state index contributed by atoms with van der Waals surface area (Å²) in [6.45, 7) is 1.97. The van der Waals surface area contributed by atoms with Crippen LogP contribution in [0.3, 0.4) is 0 Å². The maximum atomic E-state index is 12.0. The molecule has 3 N–H and O–H groups in total. The van der Waals surface area contributed by atoms with Crippen molar-refractivity contribution in [2.45, 2.75) is 6.92 Å². The Morgan fingerprint density at radius 1 is 1.38 bits per heavy atom. The van der Waals surface area contributed by atoms with Gasteiger partial charge in [-0.05, 0) is 19.1 Å². The molecule has 5 nitrogen and oxygen atoms in total. The second kappa shape index (κ2) is 6.62. The zero-order chi connectivity index (χ0) is 15.6. The maximum absolute atomic E-state index is 12.0. The topological polar surface area (TPSA) is 80.4 Å². The Kier molecular flexibility index (Phi) is 5.05. The minimum atomic E-state index is -0.630. The van der Waals surface area contributed by atoms with E-state index in [-0.39, 0.29) is 26.6 Å². The van der Waals surface area contributed by atoms with Gasteiger partial charge in [0.05, 0.1) is 16.9 Å². The third kappa shape index (κ3) is 3.65. The number of hydrogen-bond donors (Lipinski definition) is 2. The summed E-state index contributed by atoms with van der Waals surface area (Å²) < 4.78 is 0. The zero-order valence-electron chi connectivity index (χ0n) is 10.7. The Labute approximate surface area is 139 Å². The third-order valence-electron chi connectivity index (χ3n) is 2.41. The number of carbonyl (C=O) groups is 1. The highest BCUT2D eigenvalue weighted by atomic mass is 35.5. The second-order valence-electron chi connectivity index (χ2n) is 3.94. The van der Waals surface area contributed by atoms with Crippen molar-refractivity contribution in [1.82, 2.24) is 10.4 Å². The zero-order valence-corrected chi connectivity index (χ0v) is 13.7. The van der Waals surface area contributed by atoms with Crippen molar-refractivity contribution in [3.8, 4) is 0 Å². The van der Waals surface area contributed by atoms with Crippen molar-refractivity contribution in [1.29, 1.82) is 0 Å². The van der Waals surface area contributed by atoms with E-state index in [1.54, 1.807) is 11.3 Å². The van der Waals surface area contributed by atoms with Gasteiger partial charge in [0.2, 0.25) is 0 Å². The number of hydrazone groups is 1. The van der Waals surface area contributed by atoms with Gasteiger partial charge in [-0.25, -0.2) is 10.4 Å². The first-order valence-electron chi connectivity index (χ1n) is 5.60. The number of carbonyl (C=O) groups excluding carboxylic acids is 1. The number of nitrogen functional groups attached to an aromatic ring is 1. The molecule has 0 saturated carbocycles. The first-order valence-corrected chi connectivity index (χ1v) is 7.55. The van der Waals surface area contributed by atoms with Crippen LogP contribution in [-0.2, 0) is 0 Å². The number of nitrogens with one attached hydrogen (secondary N) is 1. The molecule has 110 valence electrons. The average molecular weight is 364 g/mol. The molecule has 0 radical (unpaired) electrons. The summed E-state index contributed by atoms with van der Waals surface area (Å²) in [6, 6.07) is 3.84. The van der Waals surface area contributed by atoms with Crippen LogP contribution in [0, 0.1) is 6.92 Å². The summed E-state index contributed by atoms with van der Waals surface area (Å²) in [5.41, 5.74) is 7.81. The summed E-state index contributed by atoms with van der Waals surface area (Å²) in [5, 5.41) is 3.67. The number of nitrogens with zero attached hydrogens (tertiary/aromatic N) is 2. The normalized spacial score (nSPS) is 11.0. The number of anilines is 1. The first kappa shape index (κ1) is 16.0. The van der Waals surface area contributed by atoms with Gasteiger partial charge in [-0.15, -0.1) is 11.3 Å². The van der Waals surface area contributed by atoms with Crippen LogP contribution in [-0.4, -0.2) is 17.1 Å². The van der Waals surface area contributed by atoms with E-state index in [0.717, 1.165) is 9.75 Å². The Balaban J connectivity index is 2.16. The molecule has 0 aliphatic heterocycles. The van der Waals surface area contributed by atoms with E-state index in [1.165, 1.54) is 6.21 Å². The van der Waals surface area contributed by atoms with E-state index in [0.29, 0.717) is 0 Å². The molecule has 2 aromatic heterocycles. The summed E-state index contributed by atoms with van der Waals surface area (Å²) >= 11 is 19.0. The number of nitrogens with two attached hydrogens (primary N) is 1. The Morgan fingerprint density at radius 3 is 2.71 bits per heavy atom. The van der Waals surface area contributed by atoms with Crippen LogP contribution in [0.15, 0.2) is 17.2 Å². The second-order valence-corrected chi connectivity index (χ2v) is 6.37. The minimum absolute atomic E-state index is 0.00124. The quantitative estimate of drug-likeness (QED) is 0.495. The van der Waals surface area contributed by atoms with Crippen LogP contribution in [0.1, 0.15) is 20.2 Å². The molecule has 2 heterocycles. The number of aromatic nitrogens is 1. The molecule has 0 spiro atoms. The van der Waals surface area contributed by atoms with Crippen molar-refractivity contribution < 1.29 is 4.79 Å². The lowest BCUT2D eigenvalue weighted by molar-refractivity contribution is 0.0950. The van der Waals surface area contributed by atoms with Crippen LogP contribution in [0.25, 0.3) is 0 Å². The van der Waals surface area contributed by atoms with Gasteiger partial charge in [-0.1, -0.05) is 34.8 Å². The summed E-state index contributed by atoms with van der Waals surface area (Å²) in [5.74, 6) is -0.630. The predicted molar refractivity (Wildman–Crippen MR) is 87.8 cm³/mol. The molecule has 0 unspecified atom stereocenters. The van der Waals surface area contributed by atoms with Crippen molar-refractivity contribution in [2.75, 3.05) is 5.73 Å². The van der Waals surface area contributed by atoms with E-state index in [2.05, 4.69) is 15.5 Å². The van der Waals surface area contributed by atoms with Crippen molar-refractivity contribution >= 4 is 63.9 Å². The van der Waals surface area contributed by atoms with Gasteiger partial charge in [-0.2, -0.15) is 5.10 Å². The van der Waals surface area contributed by atoms with Crippen molar-refractivity contribution in [2.24, 2.45) is 5.10 Å². The molecule has 21 heavy (non-hydrogen) atoms. The SMILES string of the molecule is Cc1ccc(C=NNC(=O)c2nc(Cl)c(Cl)c(N)c2Cl)s1. The minimum Gasteiger partial charge on any atom is -0.396 e. The third-order valence-corrected chi connectivity index (χ3v) is 4.48. The fourth-order valence-electron chi connectivity index (χ4n) is 1.41. The molecule has 0 fully saturated rings. The van der Waals surface area contributed by atoms with Gasteiger partial charge in [0.15, 0.2) is 10.8 Å². The van der Waals surface area contributed by atoms with E-state index in [1.807, 2.05) is 19.1 Å². The van der Waals surface area contributed by atoms with Gasteiger partial charge in [0.1, 0.15) is 5.02 Å². The van der Waals surface area contributed by atoms with Crippen LogP contribution < -0.4 is 11.2 Å². The van der Waals surface area contributed by atoms with Gasteiger partial charge < -0.3 is 5.73 Å². The van der Waals surface area contributed by atoms with Gasteiger partial charge >= 0.3 is 0 Å². The standard InChI is InChI=1S/C12H9Cl3N4OS/c1-5-2-3-6(21-5)4-17-19-12(20)10-7(13)9(16)8(14)11(15)18-10/h2-4H,1H3,(H2,16,18)(H,19,20). The molecular weight excluding hydrogens is 355 g/mol.